The van der Waals surface area contributed by atoms with E-state index in [2.05, 4.69) is 21.8 Å². The van der Waals surface area contributed by atoms with E-state index in [1.807, 2.05) is 0 Å². The van der Waals surface area contributed by atoms with Crippen LogP contribution in [0.2, 0.25) is 0 Å². The Labute approximate surface area is 121 Å². The van der Waals surface area contributed by atoms with Crippen molar-refractivity contribution >= 4 is 10.0 Å². The number of aliphatic hydroxyl groups is 1. The van der Waals surface area contributed by atoms with Crippen molar-refractivity contribution in [3.05, 3.63) is 11.3 Å². The van der Waals surface area contributed by atoms with Crippen LogP contribution in [0.25, 0.3) is 0 Å². The lowest BCUT2D eigenvalue weighted by Crippen LogP contribution is -2.26. The summed E-state index contributed by atoms with van der Waals surface area (Å²) in [5, 5.41) is 15.4. The molecular weight excluding hydrogens is 278 g/mol. The minimum Gasteiger partial charge on any atom is -0.392 e. The minimum absolute atomic E-state index is 0.0940. The number of sulfonamides is 1. The number of aliphatic hydroxyl groups excluding tert-OH is 1. The molecule has 1 heterocycles. The molecule has 0 saturated carbocycles. The Morgan fingerprint density at radius 2 is 1.85 bits per heavy atom. The molecule has 0 spiro atoms. The van der Waals surface area contributed by atoms with Crippen LogP contribution in [0.5, 0.6) is 0 Å². The largest absolute Gasteiger partial charge is 0.392 e. The van der Waals surface area contributed by atoms with Gasteiger partial charge in [0.25, 0.3) is 10.0 Å². The molecule has 0 fully saturated rings. The summed E-state index contributed by atoms with van der Waals surface area (Å²) < 4.78 is 26.6. The van der Waals surface area contributed by atoms with E-state index in [1.54, 1.807) is 6.92 Å². The van der Waals surface area contributed by atoms with Crippen LogP contribution in [-0.4, -0.2) is 30.3 Å². The van der Waals surface area contributed by atoms with Gasteiger partial charge >= 0.3 is 0 Å². The monoisotopic (exact) mass is 303 g/mol. The van der Waals surface area contributed by atoms with Gasteiger partial charge in [0.1, 0.15) is 0 Å². The number of aryl methyl sites for hydroxylation is 1. The van der Waals surface area contributed by atoms with E-state index in [9.17, 15) is 13.5 Å². The third-order valence-corrected chi connectivity index (χ3v) is 4.70. The Morgan fingerprint density at radius 3 is 2.50 bits per heavy atom. The smallest absolute Gasteiger partial charge is 0.260 e. The van der Waals surface area contributed by atoms with Crippen molar-refractivity contribution in [2.24, 2.45) is 0 Å². The average molecular weight is 303 g/mol. The Kier molecular flexibility index (Phi) is 7.18. The average Bonchev–Trinajstić information content (AvgIpc) is 2.79. The van der Waals surface area contributed by atoms with Gasteiger partial charge in [-0.2, -0.15) is 5.10 Å². The zero-order valence-corrected chi connectivity index (χ0v) is 13.1. The fourth-order valence-electron chi connectivity index (χ4n) is 2.02. The maximum absolute atomic E-state index is 12.1. The molecule has 0 atom stereocenters. The first-order valence-electron chi connectivity index (χ1n) is 7.17. The summed E-state index contributed by atoms with van der Waals surface area (Å²) in [5.74, 6) is 0. The van der Waals surface area contributed by atoms with Crippen molar-refractivity contribution in [2.45, 2.75) is 64.0 Å². The first-order valence-corrected chi connectivity index (χ1v) is 8.65. The van der Waals surface area contributed by atoms with Crippen molar-refractivity contribution in [3.63, 3.8) is 0 Å². The second-order valence-electron chi connectivity index (χ2n) is 4.96. The summed E-state index contributed by atoms with van der Waals surface area (Å²) in [6.07, 6.45) is 6.62. The van der Waals surface area contributed by atoms with E-state index in [1.165, 1.54) is 19.3 Å². The molecule has 6 nitrogen and oxygen atoms in total. The Morgan fingerprint density at radius 1 is 1.20 bits per heavy atom. The van der Waals surface area contributed by atoms with Gasteiger partial charge in [-0.1, -0.05) is 39.0 Å². The quantitative estimate of drug-likeness (QED) is 0.575. The first-order chi connectivity index (χ1) is 9.53. The standard InChI is InChI=1S/C13H25N3O3S/c1-3-4-5-6-7-8-9-14-20(18,19)13-12(10-17)11(2)15-16-13/h14,17H,3-10H2,1-2H3,(H,15,16). The number of H-pyrrole nitrogens is 1. The first kappa shape index (κ1) is 17.1. The van der Waals surface area contributed by atoms with Crippen LogP contribution < -0.4 is 4.72 Å². The molecule has 0 aliphatic rings. The molecular formula is C13H25N3O3S. The second kappa shape index (κ2) is 8.39. The van der Waals surface area contributed by atoms with E-state index < -0.39 is 10.0 Å². The lowest BCUT2D eigenvalue weighted by atomic mass is 10.1. The molecule has 7 heteroatoms. The highest BCUT2D eigenvalue weighted by Gasteiger charge is 2.22. The normalized spacial score (nSPS) is 11.9. The number of aromatic nitrogens is 2. The van der Waals surface area contributed by atoms with Crippen molar-refractivity contribution in [1.82, 2.24) is 14.9 Å². The summed E-state index contributed by atoms with van der Waals surface area (Å²) in [5.41, 5.74) is 0.910. The van der Waals surface area contributed by atoms with E-state index in [0.717, 1.165) is 19.3 Å². The molecule has 0 saturated heterocycles. The van der Waals surface area contributed by atoms with Gasteiger partial charge in [0, 0.05) is 17.8 Å². The highest BCUT2D eigenvalue weighted by Crippen LogP contribution is 2.15. The second-order valence-corrected chi connectivity index (χ2v) is 6.64. The number of hydrogen-bond acceptors (Lipinski definition) is 4. The molecule has 0 aliphatic carbocycles. The Balaban J connectivity index is 2.42. The lowest BCUT2D eigenvalue weighted by Gasteiger charge is -2.06. The van der Waals surface area contributed by atoms with Crippen LogP contribution in [0.1, 0.15) is 56.7 Å². The van der Waals surface area contributed by atoms with Gasteiger partial charge < -0.3 is 5.11 Å². The minimum atomic E-state index is -3.63. The van der Waals surface area contributed by atoms with Gasteiger partial charge in [-0.15, -0.1) is 0 Å². The number of nitrogens with one attached hydrogen (secondary N) is 2. The number of nitrogens with zero attached hydrogens (tertiary/aromatic N) is 1. The molecule has 0 aliphatic heterocycles. The zero-order valence-electron chi connectivity index (χ0n) is 12.3. The third kappa shape index (κ3) is 4.88. The number of rotatable bonds is 10. The predicted molar refractivity (Wildman–Crippen MR) is 77.8 cm³/mol. The van der Waals surface area contributed by atoms with Crippen molar-refractivity contribution < 1.29 is 13.5 Å². The Hall–Kier alpha value is -0.920. The molecule has 1 rings (SSSR count). The van der Waals surface area contributed by atoms with Crippen LogP contribution in [0.15, 0.2) is 5.03 Å². The SMILES string of the molecule is CCCCCCCCNS(=O)(=O)c1n[nH]c(C)c1CO. The van der Waals surface area contributed by atoms with E-state index in [0.29, 0.717) is 17.8 Å². The highest BCUT2D eigenvalue weighted by atomic mass is 32.2. The van der Waals surface area contributed by atoms with Crippen LogP contribution in [0.3, 0.4) is 0 Å². The number of unbranched alkanes of at least 4 members (excludes halogenated alkanes) is 5. The summed E-state index contributed by atoms with van der Waals surface area (Å²) in [6, 6.07) is 0. The van der Waals surface area contributed by atoms with Crippen molar-refractivity contribution in [3.8, 4) is 0 Å². The summed E-state index contributed by atoms with van der Waals surface area (Å²) in [4.78, 5) is 0. The van der Waals surface area contributed by atoms with E-state index >= 15 is 0 Å². The maximum atomic E-state index is 12.1. The molecule has 0 bridgehead atoms. The van der Waals surface area contributed by atoms with E-state index in [4.69, 9.17) is 0 Å². The Bertz CT molecular complexity index is 497. The van der Waals surface area contributed by atoms with Gasteiger partial charge in [-0.3, -0.25) is 5.10 Å². The zero-order chi connectivity index (χ0) is 15.0. The molecule has 20 heavy (non-hydrogen) atoms. The molecule has 0 amide bonds. The molecule has 0 radical (unpaired) electrons. The molecule has 0 aromatic carbocycles. The fraction of sp³-hybridized carbons (Fsp3) is 0.769. The van der Waals surface area contributed by atoms with Gasteiger partial charge in [-0.25, -0.2) is 13.1 Å². The predicted octanol–water partition coefficient (Wildman–Crippen LogP) is 1.85. The van der Waals surface area contributed by atoms with Gasteiger partial charge in [0.2, 0.25) is 0 Å². The summed E-state index contributed by atoms with van der Waals surface area (Å²) in [7, 11) is -3.63. The lowest BCUT2D eigenvalue weighted by molar-refractivity contribution is 0.277. The molecule has 1 aromatic rings. The maximum Gasteiger partial charge on any atom is 0.260 e. The molecule has 3 N–H and O–H groups in total. The molecule has 0 unspecified atom stereocenters. The third-order valence-electron chi connectivity index (χ3n) is 3.27. The van der Waals surface area contributed by atoms with Gasteiger partial charge in [0.15, 0.2) is 5.03 Å². The van der Waals surface area contributed by atoms with Crippen molar-refractivity contribution in [1.29, 1.82) is 0 Å². The van der Waals surface area contributed by atoms with Gasteiger partial charge in [-0.05, 0) is 13.3 Å². The van der Waals surface area contributed by atoms with Crippen LogP contribution >= 0.6 is 0 Å². The van der Waals surface area contributed by atoms with Crippen LogP contribution in [0.4, 0.5) is 0 Å². The van der Waals surface area contributed by atoms with Crippen LogP contribution in [0, 0.1) is 6.92 Å². The summed E-state index contributed by atoms with van der Waals surface area (Å²) >= 11 is 0. The topological polar surface area (TPSA) is 95.1 Å². The molecule has 116 valence electrons. The van der Waals surface area contributed by atoms with Gasteiger partial charge in [0.05, 0.1) is 6.61 Å². The highest BCUT2D eigenvalue weighted by molar-refractivity contribution is 7.89. The number of aromatic amines is 1. The van der Waals surface area contributed by atoms with Crippen molar-refractivity contribution in [2.75, 3.05) is 6.54 Å². The summed E-state index contributed by atoms with van der Waals surface area (Å²) in [6.45, 7) is 3.92. The molecule has 1 aromatic heterocycles. The number of hydrogen-bond donors (Lipinski definition) is 3. The van der Waals surface area contributed by atoms with E-state index in [-0.39, 0.29) is 11.6 Å². The van der Waals surface area contributed by atoms with Crippen LogP contribution in [-0.2, 0) is 16.6 Å². The fourth-order valence-corrected chi connectivity index (χ4v) is 3.28.